The van der Waals surface area contributed by atoms with E-state index < -0.39 is 6.03 Å². The van der Waals surface area contributed by atoms with Crippen LogP contribution in [-0.2, 0) is 0 Å². The number of carbonyl (C=O) groups excluding carboxylic acids is 1. The molecule has 1 atom stereocenters. The van der Waals surface area contributed by atoms with Gasteiger partial charge in [-0.05, 0) is 37.3 Å². The number of hydrogen-bond acceptors (Lipinski definition) is 2. The van der Waals surface area contributed by atoms with Crippen molar-refractivity contribution >= 4 is 11.7 Å². The Kier molecular flexibility index (Phi) is 3.13. The average molecular weight is 231 g/mol. The van der Waals surface area contributed by atoms with Crippen molar-refractivity contribution in [1.82, 2.24) is 5.43 Å². The zero-order valence-electron chi connectivity index (χ0n) is 10.2. The van der Waals surface area contributed by atoms with E-state index in [0.29, 0.717) is 5.92 Å². The Hall–Kier alpha value is -1.84. The lowest BCUT2D eigenvalue weighted by Gasteiger charge is -2.24. The van der Waals surface area contributed by atoms with Crippen molar-refractivity contribution in [3.05, 3.63) is 34.9 Å². The normalized spacial score (nSPS) is 21.1. The number of aryl methyl sites for hydroxylation is 1. The van der Waals surface area contributed by atoms with E-state index in [0.717, 1.165) is 24.1 Å². The zero-order valence-corrected chi connectivity index (χ0v) is 10.2. The minimum absolute atomic E-state index is 0.540. The molecule has 0 unspecified atom stereocenters. The van der Waals surface area contributed by atoms with Crippen LogP contribution in [0.15, 0.2) is 23.3 Å². The number of nitrogens with one attached hydrogen (secondary N) is 1. The van der Waals surface area contributed by atoms with Crippen LogP contribution >= 0.6 is 0 Å². The van der Waals surface area contributed by atoms with Gasteiger partial charge in [-0.1, -0.05) is 24.6 Å². The molecule has 1 aliphatic rings. The van der Waals surface area contributed by atoms with Crippen LogP contribution < -0.4 is 11.2 Å². The van der Waals surface area contributed by atoms with Crippen molar-refractivity contribution in [2.75, 3.05) is 0 Å². The first-order valence-electron chi connectivity index (χ1n) is 5.81. The molecule has 2 rings (SSSR count). The monoisotopic (exact) mass is 231 g/mol. The Labute approximate surface area is 101 Å². The largest absolute Gasteiger partial charge is 0.350 e. The molecule has 0 fully saturated rings. The maximum Gasteiger partial charge on any atom is 0.332 e. The molecular weight excluding hydrogens is 214 g/mol. The van der Waals surface area contributed by atoms with Crippen LogP contribution in [0.3, 0.4) is 0 Å². The van der Waals surface area contributed by atoms with Crippen molar-refractivity contribution in [3.63, 3.8) is 0 Å². The Morgan fingerprint density at radius 3 is 3.00 bits per heavy atom. The van der Waals surface area contributed by atoms with Gasteiger partial charge in [0.25, 0.3) is 0 Å². The first-order chi connectivity index (χ1) is 8.08. The number of rotatable bonds is 1. The third-order valence-electron chi connectivity index (χ3n) is 3.17. The molecule has 2 amide bonds. The quantitative estimate of drug-likeness (QED) is 0.715. The number of urea groups is 1. The number of carbonyl (C=O) groups is 1. The topological polar surface area (TPSA) is 67.5 Å². The maximum absolute atomic E-state index is 10.7. The van der Waals surface area contributed by atoms with Crippen LogP contribution in [0.1, 0.15) is 42.4 Å². The van der Waals surface area contributed by atoms with Crippen molar-refractivity contribution in [3.8, 4) is 0 Å². The summed E-state index contributed by atoms with van der Waals surface area (Å²) in [5.41, 5.74) is 11.9. The molecule has 0 aromatic heterocycles. The third-order valence-corrected chi connectivity index (χ3v) is 3.17. The van der Waals surface area contributed by atoms with Gasteiger partial charge in [0.2, 0.25) is 0 Å². The predicted molar refractivity (Wildman–Crippen MR) is 68.1 cm³/mol. The van der Waals surface area contributed by atoms with E-state index in [4.69, 9.17) is 5.73 Å². The molecule has 4 nitrogen and oxygen atoms in total. The molecule has 0 spiro atoms. The van der Waals surface area contributed by atoms with Gasteiger partial charge in [-0.15, -0.1) is 0 Å². The van der Waals surface area contributed by atoms with E-state index in [-0.39, 0.29) is 0 Å². The number of amides is 2. The Morgan fingerprint density at radius 2 is 2.29 bits per heavy atom. The summed E-state index contributed by atoms with van der Waals surface area (Å²) in [6.45, 7) is 4.27. The highest BCUT2D eigenvalue weighted by Gasteiger charge is 2.21. The average Bonchev–Trinajstić information content (AvgIpc) is 2.28. The second kappa shape index (κ2) is 4.57. The summed E-state index contributed by atoms with van der Waals surface area (Å²) < 4.78 is 0. The molecule has 90 valence electrons. The zero-order chi connectivity index (χ0) is 12.4. The standard InChI is InChI=1S/C13H17N3O/c1-8-3-5-10-9(2)4-6-12(11(10)7-8)15-16-13(14)17/h3,5,7,9H,4,6H2,1-2H3,(H3,14,16,17)/b15-12-/t9-/m1/s1. The molecule has 0 saturated heterocycles. The molecule has 4 heteroatoms. The number of benzene rings is 1. The number of hydrogen-bond donors (Lipinski definition) is 2. The minimum atomic E-state index is -0.620. The van der Waals surface area contributed by atoms with E-state index in [1.54, 1.807) is 0 Å². The predicted octanol–water partition coefficient (Wildman–Crippen LogP) is 2.26. The van der Waals surface area contributed by atoms with Gasteiger partial charge in [0.05, 0.1) is 5.71 Å². The fourth-order valence-electron chi connectivity index (χ4n) is 2.23. The van der Waals surface area contributed by atoms with Crippen molar-refractivity contribution < 1.29 is 4.79 Å². The number of hydrazone groups is 1. The smallest absolute Gasteiger partial charge is 0.332 e. The van der Waals surface area contributed by atoms with E-state index in [1.807, 2.05) is 0 Å². The van der Waals surface area contributed by atoms with Gasteiger partial charge in [-0.25, -0.2) is 10.2 Å². The van der Waals surface area contributed by atoms with E-state index in [2.05, 4.69) is 42.6 Å². The van der Waals surface area contributed by atoms with Crippen LogP contribution in [0.2, 0.25) is 0 Å². The Morgan fingerprint density at radius 1 is 1.53 bits per heavy atom. The Bertz CT molecular complexity index is 480. The summed E-state index contributed by atoms with van der Waals surface area (Å²) >= 11 is 0. The van der Waals surface area contributed by atoms with Crippen LogP contribution in [0.25, 0.3) is 0 Å². The first-order valence-corrected chi connectivity index (χ1v) is 5.81. The van der Waals surface area contributed by atoms with E-state index >= 15 is 0 Å². The maximum atomic E-state index is 10.7. The number of nitrogens with two attached hydrogens (primary N) is 1. The molecule has 1 aliphatic carbocycles. The van der Waals surface area contributed by atoms with Gasteiger partial charge in [-0.3, -0.25) is 0 Å². The van der Waals surface area contributed by atoms with E-state index in [1.165, 1.54) is 11.1 Å². The summed E-state index contributed by atoms with van der Waals surface area (Å²) in [6.07, 6.45) is 1.92. The molecule has 0 radical (unpaired) electrons. The second-order valence-electron chi connectivity index (χ2n) is 4.56. The summed E-state index contributed by atoms with van der Waals surface area (Å²) in [4.78, 5) is 10.7. The summed E-state index contributed by atoms with van der Waals surface area (Å²) in [5.74, 6) is 0.540. The van der Waals surface area contributed by atoms with Crippen LogP contribution in [0, 0.1) is 6.92 Å². The lowest BCUT2D eigenvalue weighted by atomic mass is 9.82. The van der Waals surface area contributed by atoms with Gasteiger partial charge in [-0.2, -0.15) is 5.10 Å². The van der Waals surface area contributed by atoms with Crippen molar-refractivity contribution in [2.45, 2.75) is 32.6 Å². The lowest BCUT2D eigenvalue weighted by Crippen LogP contribution is -2.27. The summed E-state index contributed by atoms with van der Waals surface area (Å²) in [6, 6.07) is 5.76. The van der Waals surface area contributed by atoms with Crippen LogP contribution in [-0.4, -0.2) is 11.7 Å². The number of fused-ring (bicyclic) bond motifs is 1. The van der Waals surface area contributed by atoms with Gasteiger partial charge < -0.3 is 5.73 Å². The molecule has 0 heterocycles. The SMILES string of the molecule is Cc1ccc2c(c1)/C(=N\NC(N)=O)CC[C@H]2C. The van der Waals surface area contributed by atoms with Crippen molar-refractivity contribution in [2.24, 2.45) is 10.8 Å². The molecule has 0 saturated carbocycles. The van der Waals surface area contributed by atoms with Crippen LogP contribution in [0.5, 0.6) is 0 Å². The molecule has 3 N–H and O–H groups in total. The second-order valence-corrected chi connectivity index (χ2v) is 4.56. The molecule has 1 aromatic rings. The molecule has 0 aliphatic heterocycles. The molecule has 1 aromatic carbocycles. The third kappa shape index (κ3) is 2.46. The highest BCUT2D eigenvalue weighted by Crippen LogP contribution is 2.31. The highest BCUT2D eigenvalue weighted by molar-refractivity contribution is 6.03. The fourth-order valence-corrected chi connectivity index (χ4v) is 2.23. The van der Waals surface area contributed by atoms with Crippen molar-refractivity contribution in [1.29, 1.82) is 0 Å². The van der Waals surface area contributed by atoms with Crippen LogP contribution in [0.4, 0.5) is 4.79 Å². The summed E-state index contributed by atoms with van der Waals surface area (Å²) in [5, 5.41) is 4.09. The highest BCUT2D eigenvalue weighted by atomic mass is 16.2. The van der Waals surface area contributed by atoms with Gasteiger partial charge in [0, 0.05) is 5.56 Å². The Balaban J connectivity index is 2.40. The minimum Gasteiger partial charge on any atom is -0.350 e. The van der Waals surface area contributed by atoms with Gasteiger partial charge >= 0.3 is 6.03 Å². The number of primary amides is 1. The molecular formula is C13H17N3O. The summed E-state index contributed by atoms with van der Waals surface area (Å²) in [7, 11) is 0. The van der Waals surface area contributed by atoms with E-state index in [9.17, 15) is 4.79 Å². The number of nitrogens with zero attached hydrogens (tertiary/aromatic N) is 1. The first kappa shape index (κ1) is 11.6. The molecule has 17 heavy (non-hydrogen) atoms. The fraction of sp³-hybridized carbons (Fsp3) is 0.385. The van der Waals surface area contributed by atoms with Gasteiger partial charge in [0.15, 0.2) is 0 Å². The van der Waals surface area contributed by atoms with Gasteiger partial charge in [0.1, 0.15) is 0 Å². The molecule has 0 bridgehead atoms. The lowest BCUT2D eigenvalue weighted by molar-refractivity contribution is 0.249.